The van der Waals surface area contributed by atoms with Crippen molar-refractivity contribution in [3.05, 3.63) is 42.0 Å². The molecule has 0 aliphatic heterocycles. The first-order chi connectivity index (χ1) is 6.16. The number of aromatic carboxylic acids is 1. The Bertz CT molecular complexity index is 342. The van der Waals surface area contributed by atoms with Crippen LogP contribution in [0.4, 0.5) is 0 Å². The molecule has 13 heavy (non-hydrogen) atoms. The van der Waals surface area contributed by atoms with Gasteiger partial charge in [0.05, 0.1) is 5.56 Å². The maximum Gasteiger partial charge on any atom is 0.335 e. The van der Waals surface area contributed by atoms with E-state index < -0.39 is 11.7 Å². The maximum absolute atomic E-state index is 11.4. The van der Waals surface area contributed by atoms with Gasteiger partial charge in [-0.1, -0.05) is 29.5 Å². The first-order valence-electron chi connectivity index (χ1n) is 3.80. The van der Waals surface area contributed by atoms with Crippen molar-refractivity contribution in [2.24, 2.45) is 0 Å². The molecular weight excluding hydrogens is 168 g/mol. The predicted octanol–water partition coefficient (Wildman–Crippen LogP) is 1.19. The van der Waals surface area contributed by atoms with Crippen LogP contribution in [0.1, 0.15) is 15.9 Å². The molecule has 0 heterocycles. The normalized spacial score (nSPS) is 9.54. The van der Waals surface area contributed by atoms with E-state index in [1.165, 1.54) is 6.07 Å². The van der Waals surface area contributed by atoms with Crippen LogP contribution in [0, 0.1) is 0 Å². The molecule has 1 N–H and O–H groups in total. The molecule has 3 heteroatoms. The summed E-state index contributed by atoms with van der Waals surface area (Å²) in [7, 11) is 0. The van der Waals surface area contributed by atoms with Crippen LogP contribution < -0.4 is 5.11 Å². The van der Waals surface area contributed by atoms with Crippen molar-refractivity contribution in [2.45, 2.75) is 6.42 Å². The minimum Gasteiger partial charge on any atom is -0.872 e. The fourth-order valence-electron chi connectivity index (χ4n) is 1.07. The standard InChI is InChI=1S/C10H10O3/c1-2-4-7-5-3-6-8(9(7)11)10(12)13/h2-3,5-6,11H,1,4H2,(H,12,13)/p-1. The van der Waals surface area contributed by atoms with Crippen molar-refractivity contribution in [1.82, 2.24) is 0 Å². The smallest absolute Gasteiger partial charge is 0.335 e. The van der Waals surface area contributed by atoms with Crippen LogP contribution in [0.2, 0.25) is 0 Å². The SMILES string of the molecule is C=CCc1cccc(C(=O)O)c1[O-]. The number of benzene rings is 1. The van der Waals surface area contributed by atoms with Gasteiger partial charge < -0.3 is 10.2 Å². The summed E-state index contributed by atoms with van der Waals surface area (Å²) in [6.45, 7) is 3.49. The maximum atomic E-state index is 11.4. The lowest BCUT2D eigenvalue weighted by atomic mass is 10.1. The zero-order chi connectivity index (χ0) is 9.84. The number of allylic oxidation sites excluding steroid dienone is 1. The highest BCUT2D eigenvalue weighted by atomic mass is 16.4. The molecule has 0 atom stereocenters. The molecule has 0 fully saturated rings. The Morgan fingerprint density at radius 1 is 1.62 bits per heavy atom. The van der Waals surface area contributed by atoms with Gasteiger partial charge in [-0.15, -0.1) is 6.58 Å². The number of carbonyl (C=O) groups is 1. The lowest BCUT2D eigenvalue weighted by Crippen LogP contribution is -2.06. The molecule has 0 aromatic heterocycles. The predicted molar refractivity (Wildman–Crippen MR) is 46.7 cm³/mol. The van der Waals surface area contributed by atoms with Crippen molar-refractivity contribution in [1.29, 1.82) is 0 Å². The summed E-state index contributed by atoms with van der Waals surface area (Å²) >= 11 is 0. The summed E-state index contributed by atoms with van der Waals surface area (Å²) in [4.78, 5) is 10.6. The quantitative estimate of drug-likeness (QED) is 0.705. The van der Waals surface area contributed by atoms with Gasteiger partial charge in [-0.25, -0.2) is 4.79 Å². The Morgan fingerprint density at radius 2 is 2.31 bits per heavy atom. The molecular formula is C10H9O3-. The molecule has 0 radical (unpaired) electrons. The molecule has 0 amide bonds. The fraction of sp³-hybridized carbons (Fsp3) is 0.100. The van der Waals surface area contributed by atoms with Gasteiger partial charge in [-0.2, -0.15) is 0 Å². The van der Waals surface area contributed by atoms with Gasteiger partial charge in [0.15, 0.2) is 0 Å². The highest BCUT2D eigenvalue weighted by Crippen LogP contribution is 2.19. The molecule has 1 aromatic carbocycles. The monoisotopic (exact) mass is 177 g/mol. The molecule has 0 spiro atoms. The summed E-state index contributed by atoms with van der Waals surface area (Å²) in [6, 6.07) is 4.47. The average molecular weight is 177 g/mol. The Hall–Kier alpha value is -1.77. The van der Waals surface area contributed by atoms with Crippen LogP contribution in [0.5, 0.6) is 5.75 Å². The van der Waals surface area contributed by atoms with Crippen molar-refractivity contribution in [2.75, 3.05) is 0 Å². The second-order valence-corrected chi connectivity index (χ2v) is 2.59. The largest absolute Gasteiger partial charge is 0.872 e. The third-order valence-electron chi connectivity index (χ3n) is 1.69. The minimum absolute atomic E-state index is 0.181. The summed E-state index contributed by atoms with van der Waals surface area (Å²) in [6.07, 6.45) is 1.97. The number of hydrogen-bond donors (Lipinski definition) is 1. The van der Waals surface area contributed by atoms with Crippen LogP contribution >= 0.6 is 0 Å². The first-order valence-corrected chi connectivity index (χ1v) is 3.80. The van der Waals surface area contributed by atoms with Crippen LogP contribution in [0.25, 0.3) is 0 Å². The molecule has 1 rings (SSSR count). The van der Waals surface area contributed by atoms with Crippen molar-refractivity contribution >= 4 is 5.97 Å². The van der Waals surface area contributed by atoms with Gasteiger partial charge in [0.1, 0.15) is 0 Å². The van der Waals surface area contributed by atoms with Crippen LogP contribution in [0.3, 0.4) is 0 Å². The number of carboxylic acid groups (broad SMARTS) is 1. The van der Waals surface area contributed by atoms with E-state index in [9.17, 15) is 9.90 Å². The highest BCUT2D eigenvalue weighted by Gasteiger charge is 2.04. The van der Waals surface area contributed by atoms with Gasteiger partial charge >= 0.3 is 5.97 Å². The van der Waals surface area contributed by atoms with Crippen molar-refractivity contribution in [3.8, 4) is 5.75 Å². The van der Waals surface area contributed by atoms with Gasteiger partial charge in [-0.05, 0) is 12.5 Å². The highest BCUT2D eigenvalue weighted by molar-refractivity contribution is 5.91. The van der Waals surface area contributed by atoms with E-state index in [-0.39, 0.29) is 5.56 Å². The Labute approximate surface area is 76.0 Å². The summed E-state index contributed by atoms with van der Waals surface area (Å²) < 4.78 is 0. The number of rotatable bonds is 3. The molecule has 1 aromatic rings. The van der Waals surface area contributed by atoms with E-state index in [1.807, 2.05) is 0 Å². The summed E-state index contributed by atoms with van der Waals surface area (Å²) in [5.74, 6) is -1.61. The third-order valence-corrected chi connectivity index (χ3v) is 1.69. The van der Waals surface area contributed by atoms with Crippen LogP contribution in [0.15, 0.2) is 30.9 Å². The molecule has 0 saturated carbocycles. The van der Waals surface area contributed by atoms with E-state index in [0.717, 1.165) is 0 Å². The van der Waals surface area contributed by atoms with Crippen LogP contribution in [-0.4, -0.2) is 11.1 Å². The second kappa shape index (κ2) is 3.76. The van der Waals surface area contributed by atoms with Crippen LogP contribution in [-0.2, 0) is 6.42 Å². The fourth-order valence-corrected chi connectivity index (χ4v) is 1.07. The summed E-state index contributed by atoms with van der Waals surface area (Å²) in [5, 5.41) is 20.0. The topological polar surface area (TPSA) is 60.4 Å². The lowest BCUT2D eigenvalue weighted by Gasteiger charge is -2.14. The van der Waals surface area contributed by atoms with E-state index in [4.69, 9.17) is 5.11 Å². The zero-order valence-corrected chi connectivity index (χ0v) is 6.99. The minimum atomic E-state index is -1.18. The summed E-state index contributed by atoms with van der Waals surface area (Å²) in [5.41, 5.74) is 0.286. The van der Waals surface area contributed by atoms with Gasteiger partial charge in [0, 0.05) is 0 Å². The molecule has 68 valence electrons. The van der Waals surface area contributed by atoms with E-state index in [2.05, 4.69) is 6.58 Å². The van der Waals surface area contributed by atoms with E-state index >= 15 is 0 Å². The lowest BCUT2D eigenvalue weighted by molar-refractivity contribution is -0.269. The van der Waals surface area contributed by atoms with Crippen molar-refractivity contribution < 1.29 is 15.0 Å². The number of hydrogen-bond acceptors (Lipinski definition) is 2. The molecule has 0 unspecified atom stereocenters. The number of para-hydroxylation sites is 1. The zero-order valence-electron chi connectivity index (χ0n) is 6.99. The number of carboxylic acids is 1. The average Bonchev–Trinajstić information content (AvgIpc) is 2.08. The molecule has 3 nitrogen and oxygen atoms in total. The van der Waals surface area contributed by atoms with E-state index in [0.29, 0.717) is 12.0 Å². The van der Waals surface area contributed by atoms with E-state index in [1.54, 1.807) is 18.2 Å². The Morgan fingerprint density at radius 3 is 2.85 bits per heavy atom. The Kier molecular flexibility index (Phi) is 2.69. The molecule has 0 aliphatic rings. The molecule has 0 aliphatic carbocycles. The van der Waals surface area contributed by atoms with Crippen molar-refractivity contribution in [3.63, 3.8) is 0 Å². The third kappa shape index (κ3) is 1.87. The second-order valence-electron chi connectivity index (χ2n) is 2.59. The van der Waals surface area contributed by atoms with Gasteiger partial charge in [-0.3, -0.25) is 0 Å². The Balaban J connectivity index is 3.17. The molecule has 0 saturated heterocycles. The first kappa shape index (κ1) is 9.32. The molecule has 0 bridgehead atoms. The van der Waals surface area contributed by atoms with Gasteiger partial charge in [0.2, 0.25) is 0 Å². The van der Waals surface area contributed by atoms with Gasteiger partial charge in [0.25, 0.3) is 0 Å².